The van der Waals surface area contributed by atoms with Gasteiger partial charge in [0.1, 0.15) is 11.5 Å². The maximum atomic E-state index is 12.8. The van der Waals surface area contributed by atoms with Crippen LogP contribution in [0.5, 0.6) is 5.75 Å². The summed E-state index contributed by atoms with van der Waals surface area (Å²) in [6, 6.07) is 18.7. The van der Waals surface area contributed by atoms with E-state index in [1.807, 2.05) is 48.5 Å². The summed E-state index contributed by atoms with van der Waals surface area (Å²) in [7, 11) is 0.420. The zero-order valence-corrected chi connectivity index (χ0v) is 19.5. The van der Waals surface area contributed by atoms with Crippen molar-refractivity contribution in [3.8, 4) is 5.75 Å². The summed E-state index contributed by atoms with van der Waals surface area (Å²) >= 11 is 3.37. The number of halogens is 1. The van der Waals surface area contributed by atoms with Crippen LogP contribution < -0.4 is 9.64 Å². The lowest BCUT2D eigenvalue weighted by Crippen LogP contribution is -2.48. The van der Waals surface area contributed by atoms with Gasteiger partial charge in [0, 0.05) is 41.2 Å². The van der Waals surface area contributed by atoms with Gasteiger partial charge >= 0.3 is 0 Å². The van der Waals surface area contributed by atoms with Crippen LogP contribution in [0.2, 0.25) is 0 Å². The Labute approximate surface area is 192 Å². The van der Waals surface area contributed by atoms with E-state index in [1.165, 1.54) is 0 Å². The topological polar surface area (TPSA) is 63.0 Å². The molecular formula is C23H23BrN2O4S. The molecule has 0 radical (unpaired) electrons. The van der Waals surface area contributed by atoms with Gasteiger partial charge < -0.3 is 19.0 Å². The number of benzene rings is 2. The summed E-state index contributed by atoms with van der Waals surface area (Å²) in [6.45, 7) is 2.73. The Balaban J connectivity index is 1.33. The molecule has 6 nitrogen and oxygen atoms in total. The highest BCUT2D eigenvalue weighted by molar-refractivity contribution is 9.10. The lowest BCUT2D eigenvalue weighted by Gasteiger charge is -2.35. The monoisotopic (exact) mass is 502 g/mol. The standard InChI is InChI=1S/C23H23BrN2O4S/c1-29-19-6-4-18(5-7-19)25-12-14-26(15-13-25)23(27)22-11-8-20(30-22)16-31(28)21-9-2-17(24)3-10-21/h2-11H,12-16H2,1H3. The normalized spacial score (nSPS) is 15.0. The quantitative estimate of drug-likeness (QED) is 0.502. The second kappa shape index (κ2) is 9.70. The minimum atomic E-state index is -1.23. The second-order valence-electron chi connectivity index (χ2n) is 7.19. The van der Waals surface area contributed by atoms with E-state index in [4.69, 9.17) is 9.15 Å². The molecule has 2 aromatic carbocycles. The van der Waals surface area contributed by atoms with Gasteiger partial charge in [0.05, 0.1) is 23.7 Å². The third kappa shape index (κ3) is 5.19. The summed E-state index contributed by atoms with van der Waals surface area (Å²) in [5, 5.41) is 0. The van der Waals surface area contributed by atoms with E-state index in [0.29, 0.717) is 24.6 Å². The highest BCUT2D eigenvalue weighted by atomic mass is 79.9. The summed E-state index contributed by atoms with van der Waals surface area (Å²) in [4.78, 5) is 17.6. The molecule has 1 aliphatic heterocycles. The van der Waals surface area contributed by atoms with Gasteiger partial charge in [-0.15, -0.1) is 0 Å². The predicted molar refractivity (Wildman–Crippen MR) is 124 cm³/mol. The average Bonchev–Trinajstić information content (AvgIpc) is 3.27. The number of methoxy groups -OCH3 is 1. The molecule has 0 N–H and O–H groups in total. The Morgan fingerprint density at radius 2 is 1.68 bits per heavy atom. The molecule has 162 valence electrons. The molecule has 1 aliphatic rings. The van der Waals surface area contributed by atoms with Crippen molar-refractivity contribution in [2.45, 2.75) is 10.6 Å². The Hall–Kier alpha value is -2.58. The van der Waals surface area contributed by atoms with Crippen molar-refractivity contribution < 1.29 is 18.2 Å². The van der Waals surface area contributed by atoms with Crippen LogP contribution in [0.1, 0.15) is 16.3 Å². The van der Waals surface area contributed by atoms with Gasteiger partial charge in [0.2, 0.25) is 0 Å². The smallest absolute Gasteiger partial charge is 0.289 e. The Morgan fingerprint density at radius 1 is 1.00 bits per heavy atom. The molecule has 3 aromatic rings. The molecular weight excluding hydrogens is 480 g/mol. The molecule has 0 aliphatic carbocycles. The zero-order chi connectivity index (χ0) is 21.8. The predicted octanol–water partition coefficient (Wildman–Crippen LogP) is 4.32. The number of carbonyl (C=O) groups is 1. The van der Waals surface area contributed by atoms with Crippen LogP contribution in [0.25, 0.3) is 0 Å². The van der Waals surface area contributed by atoms with Gasteiger partial charge in [-0.1, -0.05) is 15.9 Å². The van der Waals surface area contributed by atoms with Gasteiger partial charge in [0.25, 0.3) is 5.91 Å². The Bertz CT molecular complexity index is 1060. The van der Waals surface area contributed by atoms with Gasteiger partial charge in [-0.25, -0.2) is 0 Å². The lowest BCUT2D eigenvalue weighted by molar-refractivity contribution is 0.0713. The summed E-state index contributed by atoms with van der Waals surface area (Å²) in [5.41, 5.74) is 1.11. The minimum Gasteiger partial charge on any atom is -0.497 e. The number of nitrogens with zero attached hydrogens (tertiary/aromatic N) is 2. The SMILES string of the molecule is COc1ccc(N2CCN(C(=O)c3ccc(CS(=O)c4ccc(Br)cc4)o3)CC2)cc1. The van der Waals surface area contributed by atoms with E-state index in [-0.39, 0.29) is 11.7 Å². The van der Waals surface area contributed by atoms with E-state index < -0.39 is 10.8 Å². The highest BCUT2D eigenvalue weighted by Crippen LogP contribution is 2.22. The van der Waals surface area contributed by atoms with E-state index in [0.717, 1.165) is 33.9 Å². The van der Waals surface area contributed by atoms with E-state index >= 15 is 0 Å². The second-order valence-corrected chi connectivity index (χ2v) is 9.55. The van der Waals surface area contributed by atoms with E-state index in [2.05, 4.69) is 20.8 Å². The molecule has 1 fully saturated rings. The Morgan fingerprint density at radius 3 is 2.32 bits per heavy atom. The zero-order valence-electron chi connectivity index (χ0n) is 17.1. The van der Waals surface area contributed by atoms with Crippen LogP contribution in [0.15, 0.2) is 74.4 Å². The number of anilines is 1. The molecule has 1 saturated heterocycles. The lowest BCUT2D eigenvalue weighted by atomic mass is 10.2. The van der Waals surface area contributed by atoms with Crippen molar-refractivity contribution in [1.29, 1.82) is 0 Å². The van der Waals surface area contributed by atoms with Crippen molar-refractivity contribution >= 4 is 38.3 Å². The summed E-state index contributed by atoms with van der Waals surface area (Å²) in [6.07, 6.45) is 0. The van der Waals surface area contributed by atoms with Crippen molar-refractivity contribution in [1.82, 2.24) is 4.90 Å². The van der Waals surface area contributed by atoms with Crippen LogP contribution in [0.3, 0.4) is 0 Å². The van der Waals surface area contributed by atoms with Gasteiger partial charge in [-0.2, -0.15) is 0 Å². The van der Waals surface area contributed by atoms with Crippen molar-refractivity contribution in [2.75, 3.05) is 38.2 Å². The number of furan rings is 1. The molecule has 0 saturated carbocycles. The fourth-order valence-corrected chi connectivity index (χ4v) is 4.77. The molecule has 2 heterocycles. The molecule has 1 aromatic heterocycles. The van der Waals surface area contributed by atoms with E-state index in [9.17, 15) is 9.00 Å². The molecule has 1 amide bonds. The van der Waals surface area contributed by atoms with Crippen LogP contribution in [-0.4, -0.2) is 48.3 Å². The first-order valence-corrected chi connectivity index (χ1v) is 12.1. The highest BCUT2D eigenvalue weighted by Gasteiger charge is 2.24. The van der Waals surface area contributed by atoms with Gasteiger partial charge in [0.15, 0.2) is 5.76 Å². The van der Waals surface area contributed by atoms with E-state index in [1.54, 1.807) is 24.1 Å². The number of piperazine rings is 1. The minimum absolute atomic E-state index is 0.130. The fraction of sp³-hybridized carbons (Fsp3) is 0.261. The van der Waals surface area contributed by atoms with Crippen LogP contribution in [0.4, 0.5) is 5.69 Å². The fourth-order valence-electron chi connectivity index (χ4n) is 3.49. The maximum absolute atomic E-state index is 12.8. The molecule has 1 unspecified atom stereocenters. The van der Waals surface area contributed by atoms with Crippen LogP contribution >= 0.6 is 15.9 Å². The van der Waals surface area contributed by atoms with Crippen molar-refractivity contribution in [3.05, 3.63) is 76.7 Å². The largest absolute Gasteiger partial charge is 0.497 e. The molecule has 4 rings (SSSR count). The number of carbonyl (C=O) groups excluding carboxylic acids is 1. The molecule has 8 heteroatoms. The molecule has 1 atom stereocenters. The Kier molecular flexibility index (Phi) is 6.77. The molecule has 31 heavy (non-hydrogen) atoms. The number of ether oxygens (including phenoxy) is 1. The van der Waals surface area contributed by atoms with Crippen LogP contribution in [-0.2, 0) is 16.6 Å². The molecule has 0 bridgehead atoms. The average molecular weight is 503 g/mol. The number of hydrogen-bond donors (Lipinski definition) is 0. The van der Waals surface area contributed by atoms with Crippen molar-refractivity contribution in [2.24, 2.45) is 0 Å². The first kappa shape index (κ1) is 21.6. The first-order chi connectivity index (χ1) is 15.0. The number of hydrogen-bond acceptors (Lipinski definition) is 5. The molecule has 0 spiro atoms. The van der Waals surface area contributed by atoms with Gasteiger partial charge in [-0.3, -0.25) is 9.00 Å². The first-order valence-electron chi connectivity index (χ1n) is 9.94. The third-order valence-electron chi connectivity index (χ3n) is 5.23. The summed E-state index contributed by atoms with van der Waals surface area (Å²) < 4.78 is 24.4. The number of rotatable bonds is 6. The van der Waals surface area contributed by atoms with Gasteiger partial charge in [-0.05, 0) is 60.7 Å². The summed E-state index contributed by atoms with van der Waals surface area (Å²) in [5.74, 6) is 1.77. The van der Waals surface area contributed by atoms with Crippen LogP contribution in [0, 0.1) is 0 Å². The van der Waals surface area contributed by atoms with Crippen molar-refractivity contribution in [3.63, 3.8) is 0 Å². The number of amides is 1. The maximum Gasteiger partial charge on any atom is 0.289 e. The third-order valence-corrected chi connectivity index (χ3v) is 7.10.